The van der Waals surface area contributed by atoms with Crippen LogP contribution in [0.5, 0.6) is 0 Å². The van der Waals surface area contributed by atoms with Gasteiger partial charge in [0.25, 0.3) is 0 Å². The van der Waals surface area contributed by atoms with E-state index in [1.165, 1.54) is 0 Å². The molecule has 1 heterocycles. The van der Waals surface area contributed by atoms with Crippen molar-refractivity contribution in [1.29, 1.82) is 0 Å². The van der Waals surface area contributed by atoms with Crippen molar-refractivity contribution >= 4 is 16.7 Å². The summed E-state index contributed by atoms with van der Waals surface area (Å²) in [6, 6.07) is -0.334. The Balaban J connectivity index is 2.40. The summed E-state index contributed by atoms with van der Waals surface area (Å²) in [4.78, 5) is 13.2. The Morgan fingerprint density at radius 3 is 3.00 bits per heavy atom. The highest BCUT2D eigenvalue weighted by molar-refractivity contribution is 7.84. The summed E-state index contributed by atoms with van der Waals surface area (Å²) in [5.41, 5.74) is 5.61. The molecule has 5 heteroatoms. The van der Waals surface area contributed by atoms with E-state index >= 15 is 0 Å². The number of hydrogen-bond acceptors (Lipinski definition) is 3. The fraction of sp³-hybridized carbons (Fsp3) is 0.875. The highest BCUT2D eigenvalue weighted by Gasteiger charge is 2.24. The third-order valence-electron chi connectivity index (χ3n) is 2.22. The molecule has 0 aromatic heterocycles. The molecule has 2 unspecified atom stereocenters. The average molecular weight is 204 g/mol. The normalized spacial score (nSPS) is 26.2. The summed E-state index contributed by atoms with van der Waals surface area (Å²) < 4.78 is 10.8. The van der Waals surface area contributed by atoms with E-state index < -0.39 is 10.8 Å². The van der Waals surface area contributed by atoms with Crippen molar-refractivity contribution in [3.63, 3.8) is 0 Å². The van der Waals surface area contributed by atoms with E-state index in [4.69, 9.17) is 5.73 Å². The molecule has 0 saturated carbocycles. The molecule has 2 atom stereocenters. The van der Waals surface area contributed by atoms with Crippen molar-refractivity contribution in [2.24, 2.45) is 5.73 Å². The predicted octanol–water partition coefficient (Wildman–Crippen LogP) is -0.685. The maximum absolute atomic E-state index is 11.4. The number of hydrogen-bond donors (Lipinski definition) is 1. The third kappa shape index (κ3) is 3.08. The Bertz CT molecular complexity index is 220. The minimum Gasteiger partial charge on any atom is -0.340 e. The van der Waals surface area contributed by atoms with E-state index in [2.05, 4.69) is 0 Å². The first-order valence-electron chi connectivity index (χ1n) is 4.45. The van der Waals surface area contributed by atoms with Crippen LogP contribution in [-0.2, 0) is 15.6 Å². The van der Waals surface area contributed by atoms with Gasteiger partial charge in [0.15, 0.2) is 0 Å². The van der Waals surface area contributed by atoms with Gasteiger partial charge in [-0.25, -0.2) is 0 Å². The number of likely N-dealkylation sites (tertiary alicyclic amines) is 1. The van der Waals surface area contributed by atoms with Gasteiger partial charge in [0, 0.05) is 35.9 Å². The van der Waals surface area contributed by atoms with Crippen LogP contribution in [0.3, 0.4) is 0 Å². The van der Waals surface area contributed by atoms with Gasteiger partial charge in [-0.05, 0) is 12.8 Å². The number of carbonyl (C=O) groups excluding carboxylic acids is 1. The van der Waals surface area contributed by atoms with Gasteiger partial charge in [-0.15, -0.1) is 0 Å². The van der Waals surface area contributed by atoms with Gasteiger partial charge < -0.3 is 10.6 Å². The highest BCUT2D eigenvalue weighted by atomic mass is 32.2. The first-order chi connectivity index (χ1) is 6.11. The molecular weight excluding hydrogens is 188 g/mol. The molecule has 1 saturated heterocycles. The largest absolute Gasteiger partial charge is 0.340 e. The van der Waals surface area contributed by atoms with Crippen LogP contribution in [0.2, 0.25) is 0 Å². The second-order valence-electron chi connectivity index (χ2n) is 3.35. The molecular formula is C8H16N2O2S. The number of rotatable bonds is 3. The summed E-state index contributed by atoms with van der Waals surface area (Å²) >= 11 is 0. The lowest BCUT2D eigenvalue weighted by molar-refractivity contribution is -0.134. The van der Waals surface area contributed by atoms with E-state index in [9.17, 15) is 9.00 Å². The van der Waals surface area contributed by atoms with Gasteiger partial charge >= 0.3 is 0 Å². The predicted molar refractivity (Wildman–Crippen MR) is 52.7 cm³/mol. The second kappa shape index (κ2) is 4.72. The molecule has 76 valence electrons. The van der Waals surface area contributed by atoms with Crippen LogP contribution in [0.4, 0.5) is 0 Å². The van der Waals surface area contributed by atoms with Crippen LogP contribution < -0.4 is 5.73 Å². The molecule has 0 aromatic carbocycles. The van der Waals surface area contributed by atoms with Gasteiger partial charge in [-0.2, -0.15) is 0 Å². The lowest BCUT2D eigenvalue weighted by Crippen LogP contribution is -2.49. The molecule has 1 amide bonds. The Labute approximate surface area is 80.9 Å². The van der Waals surface area contributed by atoms with Crippen molar-refractivity contribution in [2.45, 2.75) is 18.9 Å². The summed E-state index contributed by atoms with van der Waals surface area (Å²) in [6.45, 7) is 1.35. The van der Waals surface area contributed by atoms with Crippen molar-refractivity contribution in [3.05, 3.63) is 0 Å². The molecule has 1 fully saturated rings. The Kier molecular flexibility index (Phi) is 3.87. The monoisotopic (exact) mass is 204 g/mol. The maximum atomic E-state index is 11.4. The molecule has 0 aromatic rings. The lowest BCUT2D eigenvalue weighted by atomic mass is 10.1. The first kappa shape index (κ1) is 10.7. The van der Waals surface area contributed by atoms with Gasteiger partial charge in [0.1, 0.15) is 0 Å². The highest BCUT2D eigenvalue weighted by Crippen LogP contribution is 2.09. The van der Waals surface area contributed by atoms with Crippen molar-refractivity contribution in [1.82, 2.24) is 4.90 Å². The average Bonchev–Trinajstić information content (AvgIpc) is 2.07. The lowest BCUT2D eigenvalue weighted by Gasteiger charge is -2.30. The van der Waals surface area contributed by atoms with Crippen LogP contribution >= 0.6 is 0 Å². The molecule has 4 nitrogen and oxygen atoms in total. The number of piperidine rings is 1. The van der Waals surface area contributed by atoms with E-state index in [-0.39, 0.29) is 11.9 Å². The number of nitrogens with two attached hydrogens (primary N) is 1. The van der Waals surface area contributed by atoms with Crippen molar-refractivity contribution in [3.8, 4) is 0 Å². The molecule has 1 aliphatic rings. The van der Waals surface area contributed by atoms with Gasteiger partial charge in [-0.3, -0.25) is 9.00 Å². The van der Waals surface area contributed by atoms with Crippen LogP contribution in [0.15, 0.2) is 0 Å². The fourth-order valence-electron chi connectivity index (χ4n) is 1.43. The smallest absolute Gasteiger partial charge is 0.239 e. The topological polar surface area (TPSA) is 63.4 Å². The van der Waals surface area contributed by atoms with E-state index in [0.717, 1.165) is 19.4 Å². The summed E-state index contributed by atoms with van der Waals surface area (Å²) in [6.07, 6.45) is 3.39. The van der Waals surface area contributed by atoms with Crippen LogP contribution in [-0.4, -0.2) is 46.2 Å². The molecule has 1 aliphatic heterocycles. The third-order valence-corrected chi connectivity index (χ3v) is 2.98. The zero-order valence-corrected chi connectivity index (χ0v) is 8.68. The van der Waals surface area contributed by atoms with Crippen molar-refractivity contribution in [2.75, 3.05) is 25.1 Å². The number of amides is 1. The fourth-order valence-corrected chi connectivity index (χ4v) is 1.91. The Morgan fingerprint density at radius 2 is 2.38 bits per heavy atom. The van der Waals surface area contributed by atoms with E-state index in [1.807, 2.05) is 0 Å². The summed E-state index contributed by atoms with van der Waals surface area (Å²) in [7, 11) is -0.828. The van der Waals surface area contributed by atoms with Gasteiger partial charge in [0.2, 0.25) is 5.91 Å². The van der Waals surface area contributed by atoms with Crippen LogP contribution in [0, 0.1) is 0 Å². The molecule has 2 N–H and O–H groups in total. The Hall–Kier alpha value is -0.420. The molecule has 0 aliphatic carbocycles. The minimum absolute atomic E-state index is 0.0108. The standard InChI is InChI=1S/C8H16N2O2S/c1-13(12)6-5-10-4-2-3-7(9)8(10)11/h7H,2-6,9H2,1H3. The van der Waals surface area contributed by atoms with E-state index in [1.54, 1.807) is 11.2 Å². The molecule has 1 rings (SSSR count). The molecule has 0 bridgehead atoms. The molecule has 13 heavy (non-hydrogen) atoms. The first-order valence-corrected chi connectivity index (χ1v) is 6.18. The van der Waals surface area contributed by atoms with Crippen LogP contribution in [0.1, 0.15) is 12.8 Å². The van der Waals surface area contributed by atoms with E-state index in [0.29, 0.717) is 12.3 Å². The Morgan fingerprint density at radius 1 is 1.69 bits per heavy atom. The number of carbonyl (C=O) groups is 1. The minimum atomic E-state index is -0.828. The van der Waals surface area contributed by atoms with Crippen LogP contribution in [0.25, 0.3) is 0 Å². The number of nitrogens with zero attached hydrogens (tertiary/aromatic N) is 1. The molecule has 0 spiro atoms. The quantitative estimate of drug-likeness (QED) is 0.662. The summed E-state index contributed by atoms with van der Waals surface area (Å²) in [5.74, 6) is 0.565. The zero-order chi connectivity index (χ0) is 9.84. The molecule has 0 radical (unpaired) electrons. The summed E-state index contributed by atoms with van der Waals surface area (Å²) in [5, 5.41) is 0. The van der Waals surface area contributed by atoms with Gasteiger partial charge in [-0.1, -0.05) is 0 Å². The zero-order valence-electron chi connectivity index (χ0n) is 7.86. The maximum Gasteiger partial charge on any atom is 0.239 e. The van der Waals surface area contributed by atoms with Gasteiger partial charge in [0.05, 0.1) is 6.04 Å². The second-order valence-corrected chi connectivity index (χ2v) is 4.91. The van der Waals surface area contributed by atoms with Crippen molar-refractivity contribution < 1.29 is 9.00 Å². The SMILES string of the molecule is CS(=O)CCN1CCCC(N)C1=O.